The first-order valence-corrected chi connectivity index (χ1v) is 8.28. The normalized spacial score (nSPS) is 26.1. The topological polar surface area (TPSA) is 65.7 Å². The summed E-state index contributed by atoms with van der Waals surface area (Å²) in [5, 5.41) is 12.5. The molecule has 2 fully saturated rings. The van der Waals surface area contributed by atoms with Gasteiger partial charge in [0.15, 0.2) is 5.76 Å². The molecule has 122 valence electrons. The van der Waals surface area contributed by atoms with Gasteiger partial charge in [0, 0.05) is 25.6 Å². The molecule has 2 heterocycles. The van der Waals surface area contributed by atoms with Gasteiger partial charge in [0.1, 0.15) is 5.76 Å². The first-order valence-electron chi connectivity index (χ1n) is 8.28. The fourth-order valence-corrected chi connectivity index (χ4v) is 3.67. The molecule has 0 unspecified atom stereocenters. The lowest BCUT2D eigenvalue weighted by Crippen LogP contribution is -2.45. The van der Waals surface area contributed by atoms with E-state index in [1.165, 1.54) is 12.8 Å². The Morgan fingerprint density at radius 1 is 1.50 bits per heavy atom. The van der Waals surface area contributed by atoms with E-state index in [-0.39, 0.29) is 17.9 Å². The highest BCUT2D eigenvalue weighted by Gasteiger charge is 2.39. The van der Waals surface area contributed by atoms with Crippen LogP contribution in [0, 0.1) is 11.3 Å². The average Bonchev–Trinajstić information content (AvgIpc) is 3.22. The summed E-state index contributed by atoms with van der Waals surface area (Å²) >= 11 is 0. The third-order valence-electron chi connectivity index (χ3n) is 4.99. The highest BCUT2D eigenvalue weighted by atomic mass is 16.4. The maximum Gasteiger partial charge on any atom is 0.286 e. The predicted octanol–water partition coefficient (Wildman–Crippen LogP) is 2.01. The van der Waals surface area contributed by atoms with Crippen molar-refractivity contribution in [1.82, 2.24) is 10.2 Å². The van der Waals surface area contributed by atoms with Gasteiger partial charge < -0.3 is 14.8 Å². The van der Waals surface area contributed by atoms with E-state index in [0.29, 0.717) is 12.3 Å². The van der Waals surface area contributed by atoms with Gasteiger partial charge in [-0.3, -0.25) is 9.69 Å². The molecule has 1 aromatic heterocycles. The van der Waals surface area contributed by atoms with Gasteiger partial charge in [-0.1, -0.05) is 12.8 Å². The second-order valence-corrected chi connectivity index (χ2v) is 6.96. The molecule has 0 aromatic carbocycles. The molecule has 2 N–H and O–H groups in total. The van der Waals surface area contributed by atoms with Crippen molar-refractivity contribution < 1.29 is 14.3 Å². The number of carbonyl (C=O) groups excluding carboxylic acids is 1. The molecule has 3 rings (SSSR count). The Bertz CT molecular complexity index is 524. The van der Waals surface area contributed by atoms with Gasteiger partial charge in [0.25, 0.3) is 5.91 Å². The Labute approximate surface area is 131 Å². The van der Waals surface area contributed by atoms with Crippen LogP contribution in [-0.4, -0.2) is 42.7 Å². The van der Waals surface area contributed by atoms with Gasteiger partial charge in [-0.2, -0.15) is 0 Å². The minimum atomic E-state index is -0.191. The Balaban J connectivity index is 1.61. The number of nitrogens with one attached hydrogen (secondary N) is 1. The van der Waals surface area contributed by atoms with Crippen molar-refractivity contribution in [2.75, 3.05) is 26.7 Å². The van der Waals surface area contributed by atoms with E-state index in [0.717, 1.165) is 44.0 Å². The molecule has 0 radical (unpaired) electrons. The van der Waals surface area contributed by atoms with Crippen LogP contribution in [0.4, 0.5) is 0 Å². The first kappa shape index (κ1) is 15.6. The number of furan rings is 1. The Morgan fingerprint density at radius 3 is 3.00 bits per heavy atom. The molecule has 5 nitrogen and oxygen atoms in total. The molecule has 5 heteroatoms. The van der Waals surface area contributed by atoms with Crippen molar-refractivity contribution in [2.24, 2.45) is 11.3 Å². The monoisotopic (exact) mass is 306 g/mol. The van der Waals surface area contributed by atoms with Crippen LogP contribution in [-0.2, 0) is 6.54 Å². The van der Waals surface area contributed by atoms with Crippen LogP contribution in [0.3, 0.4) is 0 Å². The van der Waals surface area contributed by atoms with E-state index in [2.05, 4.69) is 10.2 Å². The Kier molecular flexibility index (Phi) is 4.54. The number of nitrogens with zero attached hydrogens (tertiary/aromatic N) is 1. The highest BCUT2D eigenvalue weighted by molar-refractivity contribution is 5.91. The average molecular weight is 306 g/mol. The van der Waals surface area contributed by atoms with Gasteiger partial charge in [0.2, 0.25) is 0 Å². The van der Waals surface area contributed by atoms with Gasteiger partial charge in [-0.15, -0.1) is 0 Å². The predicted molar refractivity (Wildman–Crippen MR) is 83.5 cm³/mol. The fraction of sp³-hybridized carbons (Fsp3) is 0.706. The summed E-state index contributed by atoms with van der Waals surface area (Å²) in [7, 11) is 1.60. The number of likely N-dealkylation sites (tertiary alicyclic amines) is 1. The second kappa shape index (κ2) is 6.42. The third-order valence-corrected chi connectivity index (χ3v) is 4.99. The number of hydrogen-bond acceptors (Lipinski definition) is 4. The SMILES string of the molecule is CNC(=O)c1ccc(CN2CCC[C@@](CO)(CC3CC3)C2)o1. The number of rotatable bonds is 6. The summed E-state index contributed by atoms with van der Waals surface area (Å²) in [6.07, 6.45) is 6.06. The number of carbonyl (C=O) groups is 1. The lowest BCUT2D eigenvalue weighted by molar-refractivity contribution is 0.0155. The molecule has 1 saturated carbocycles. The summed E-state index contributed by atoms with van der Waals surface area (Å²) in [5.74, 6) is 1.82. The van der Waals surface area contributed by atoms with Crippen molar-refractivity contribution in [3.05, 3.63) is 23.7 Å². The molecule has 1 atom stereocenters. The Hall–Kier alpha value is -1.33. The van der Waals surface area contributed by atoms with E-state index in [9.17, 15) is 9.90 Å². The van der Waals surface area contributed by atoms with Gasteiger partial charge >= 0.3 is 0 Å². The maximum absolute atomic E-state index is 11.5. The standard InChI is InChI=1S/C17H26N2O3/c1-18-16(21)15-6-5-14(22-15)10-19-8-2-7-17(11-19,12-20)9-13-3-4-13/h5-6,13,20H,2-4,7-12H2,1H3,(H,18,21)/t17-/m1/s1. The Morgan fingerprint density at radius 2 is 2.32 bits per heavy atom. The molecule has 22 heavy (non-hydrogen) atoms. The third kappa shape index (κ3) is 3.52. The quantitative estimate of drug-likeness (QED) is 0.844. The number of piperidine rings is 1. The molecular formula is C17H26N2O3. The summed E-state index contributed by atoms with van der Waals surface area (Å²) in [6.45, 7) is 2.95. The summed E-state index contributed by atoms with van der Waals surface area (Å²) in [6, 6.07) is 3.60. The smallest absolute Gasteiger partial charge is 0.286 e. The van der Waals surface area contributed by atoms with Gasteiger partial charge in [-0.05, 0) is 43.9 Å². The lowest BCUT2D eigenvalue weighted by Gasteiger charge is -2.42. The maximum atomic E-state index is 11.5. The summed E-state index contributed by atoms with van der Waals surface area (Å²) < 4.78 is 5.62. The molecule has 1 aliphatic heterocycles. The number of aliphatic hydroxyl groups excluding tert-OH is 1. The molecule has 0 bridgehead atoms. The zero-order valence-electron chi connectivity index (χ0n) is 13.3. The van der Waals surface area contributed by atoms with Crippen molar-refractivity contribution in [3.8, 4) is 0 Å². The van der Waals surface area contributed by atoms with Crippen LogP contribution in [0.1, 0.15) is 48.4 Å². The fourth-order valence-electron chi connectivity index (χ4n) is 3.67. The van der Waals surface area contributed by atoms with Crippen LogP contribution in [0.15, 0.2) is 16.5 Å². The molecule has 1 amide bonds. The second-order valence-electron chi connectivity index (χ2n) is 6.96. The molecule has 1 saturated heterocycles. The lowest BCUT2D eigenvalue weighted by atomic mass is 9.76. The van der Waals surface area contributed by atoms with E-state index in [1.54, 1.807) is 13.1 Å². The van der Waals surface area contributed by atoms with E-state index in [1.807, 2.05) is 6.07 Å². The minimum absolute atomic E-state index is 0.0651. The van der Waals surface area contributed by atoms with Gasteiger partial charge in [-0.25, -0.2) is 0 Å². The first-order chi connectivity index (χ1) is 10.6. The molecular weight excluding hydrogens is 280 g/mol. The van der Waals surface area contributed by atoms with Crippen LogP contribution >= 0.6 is 0 Å². The van der Waals surface area contributed by atoms with E-state index >= 15 is 0 Å². The molecule has 2 aliphatic rings. The summed E-state index contributed by atoms with van der Waals surface area (Å²) in [5.41, 5.74) is 0.0651. The van der Waals surface area contributed by atoms with Crippen molar-refractivity contribution in [3.63, 3.8) is 0 Å². The van der Waals surface area contributed by atoms with Crippen molar-refractivity contribution >= 4 is 5.91 Å². The van der Waals surface area contributed by atoms with Crippen LogP contribution < -0.4 is 5.32 Å². The number of aliphatic hydroxyl groups is 1. The van der Waals surface area contributed by atoms with Gasteiger partial charge in [0.05, 0.1) is 6.54 Å². The zero-order chi connectivity index (χ0) is 15.6. The molecule has 0 spiro atoms. The van der Waals surface area contributed by atoms with Crippen LogP contribution in [0.5, 0.6) is 0 Å². The van der Waals surface area contributed by atoms with Crippen molar-refractivity contribution in [1.29, 1.82) is 0 Å². The number of amides is 1. The van der Waals surface area contributed by atoms with Crippen LogP contribution in [0.25, 0.3) is 0 Å². The molecule has 1 aromatic rings. The van der Waals surface area contributed by atoms with E-state index in [4.69, 9.17) is 4.42 Å². The summed E-state index contributed by atoms with van der Waals surface area (Å²) in [4.78, 5) is 13.9. The highest BCUT2D eigenvalue weighted by Crippen LogP contribution is 2.44. The largest absolute Gasteiger partial charge is 0.455 e. The van der Waals surface area contributed by atoms with Crippen LogP contribution in [0.2, 0.25) is 0 Å². The minimum Gasteiger partial charge on any atom is -0.455 e. The molecule has 1 aliphatic carbocycles. The van der Waals surface area contributed by atoms with E-state index < -0.39 is 0 Å². The van der Waals surface area contributed by atoms with Crippen molar-refractivity contribution in [2.45, 2.75) is 38.6 Å². The zero-order valence-corrected chi connectivity index (χ0v) is 13.3. The number of hydrogen-bond donors (Lipinski definition) is 2.